The molecule has 1 heterocycles. The Balaban J connectivity index is 1.43. The van der Waals surface area contributed by atoms with E-state index in [1.165, 1.54) is 25.1 Å². The summed E-state index contributed by atoms with van der Waals surface area (Å²) >= 11 is 4.72. The molecule has 4 aromatic rings. The van der Waals surface area contributed by atoms with Crippen LogP contribution in [0.1, 0.15) is 15.9 Å². The summed E-state index contributed by atoms with van der Waals surface area (Å²) in [7, 11) is 1.33. The minimum Gasteiger partial charge on any atom is -0.465 e. The monoisotopic (exact) mass is 549 g/mol. The molecule has 0 radical (unpaired) electrons. The number of rotatable bonds is 8. The normalized spacial score (nSPS) is 10.9. The third kappa shape index (κ3) is 6.23. The van der Waals surface area contributed by atoms with Crippen molar-refractivity contribution in [2.75, 3.05) is 12.9 Å². The van der Waals surface area contributed by atoms with Crippen molar-refractivity contribution < 1.29 is 14.3 Å². The number of ether oxygens (including phenoxy) is 1. The van der Waals surface area contributed by atoms with Crippen molar-refractivity contribution in [3.63, 3.8) is 0 Å². The van der Waals surface area contributed by atoms with Gasteiger partial charge in [-0.1, -0.05) is 70.2 Å². The SMILES string of the molecule is COC(=O)c1ccc(/C=N/NC(=O)CSc2nnc(-c3ccc(Br)cc3)n2-c2ccccc2)cc1. The second kappa shape index (κ2) is 11.6. The number of esters is 1. The minimum absolute atomic E-state index is 0.101. The number of para-hydroxylation sites is 1. The van der Waals surface area contributed by atoms with Crippen molar-refractivity contribution in [2.45, 2.75) is 5.16 Å². The van der Waals surface area contributed by atoms with Gasteiger partial charge in [0.05, 0.1) is 24.6 Å². The predicted molar refractivity (Wildman–Crippen MR) is 139 cm³/mol. The van der Waals surface area contributed by atoms with E-state index < -0.39 is 5.97 Å². The Hall–Kier alpha value is -3.76. The molecule has 0 saturated heterocycles. The number of nitrogens with zero attached hydrogens (tertiary/aromatic N) is 4. The van der Waals surface area contributed by atoms with E-state index in [9.17, 15) is 9.59 Å². The van der Waals surface area contributed by atoms with Crippen molar-refractivity contribution in [1.82, 2.24) is 20.2 Å². The summed E-state index contributed by atoms with van der Waals surface area (Å²) in [4.78, 5) is 23.9. The number of thioether (sulfide) groups is 1. The maximum atomic E-state index is 12.4. The number of hydrazone groups is 1. The smallest absolute Gasteiger partial charge is 0.337 e. The first-order valence-corrected chi connectivity index (χ1v) is 12.2. The predicted octanol–water partition coefficient (Wildman–Crippen LogP) is 4.73. The van der Waals surface area contributed by atoms with Gasteiger partial charge in [0.1, 0.15) is 0 Å². The molecule has 10 heteroatoms. The summed E-state index contributed by atoms with van der Waals surface area (Å²) in [5.74, 6) is 0.0833. The number of halogens is 1. The van der Waals surface area contributed by atoms with Gasteiger partial charge in [-0.05, 0) is 42.0 Å². The Labute approximate surface area is 214 Å². The molecule has 1 aromatic heterocycles. The molecule has 35 heavy (non-hydrogen) atoms. The first-order valence-electron chi connectivity index (χ1n) is 10.4. The summed E-state index contributed by atoms with van der Waals surface area (Å²) in [5.41, 5.74) is 5.48. The van der Waals surface area contributed by atoms with Gasteiger partial charge in [-0.25, -0.2) is 10.2 Å². The van der Waals surface area contributed by atoms with Crippen molar-refractivity contribution in [3.8, 4) is 17.1 Å². The van der Waals surface area contributed by atoms with Crippen LogP contribution in [0, 0.1) is 0 Å². The van der Waals surface area contributed by atoms with Crippen molar-refractivity contribution in [1.29, 1.82) is 0 Å². The van der Waals surface area contributed by atoms with E-state index in [1.54, 1.807) is 24.3 Å². The lowest BCUT2D eigenvalue weighted by Gasteiger charge is -2.10. The van der Waals surface area contributed by atoms with Crippen molar-refractivity contribution in [2.24, 2.45) is 5.10 Å². The molecule has 0 atom stereocenters. The molecule has 0 unspecified atom stereocenters. The molecule has 0 aliphatic heterocycles. The lowest BCUT2D eigenvalue weighted by atomic mass is 10.1. The maximum absolute atomic E-state index is 12.4. The van der Waals surface area contributed by atoms with Gasteiger partial charge in [-0.2, -0.15) is 5.10 Å². The van der Waals surface area contributed by atoms with E-state index >= 15 is 0 Å². The minimum atomic E-state index is -0.412. The number of carbonyl (C=O) groups is 2. The van der Waals surface area contributed by atoms with Crippen LogP contribution in [0.4, 0.5) is 0 Å². The summed E-state index contributed by atoms with van der Waals surface area (Å²) < 4.78 is 7.57. The van der Waals surface area contributed by atoms with Crippen LogP contribution in [0.25, 0.3) is 17.1 Å². The van der Waals surface area contributed by atoms with Crippen LogP contribution in [-0.4, -0.2) is 45.7 Å². The molecule has 0 fully saturated rings. The van der Waals surface area contributed by atoms with E-state index in [1.807, 2.05) is 59.2 Å². The highest BCUT2D eigenvalue weighted by Crippen LogP contribution is 2.28. The molecule has 0 aliphatic rings. The molecule has 176 valence electrons. The molecule has 1 amide bonds. The highest BCUT2D eigenvalue weighted by atomic mass is 79.9. The van der Waals surface area contributed by atoms with Crippen LogP contribution in [0.15, 0.2) is 93.6 Å². The van der Waals surface area contributed by atoms with Crippen molar-refractivity contribution >= 4 is 45.8 Å². The third-order valence-electron chi connectivity index (χ3n) is 4.82. The first kappa shape index (κ1) is 24.4. The summed E-state index contributed by atoms with van der Waals surface area (Å²) in [6.07, 6.45) is 1.50. The Morgan fingerprint density at radius 1 is 1.03 bits per heavy atom. The van der Waals surface area contributed by atoms with Crippen LogP contribution in [0.5, 0.6) is 0 Å². The Kier molecular flexibility index (Phi) is 8.07. The standard InChI is InChI=1S/C25H20BrN5O3S/c1-34-24(33)19-9-7-17(8-10-19)15-27-28-22(32)16-35-25-30-29-23(18-11-13-20(26)14-12-18)31(25)21-5-3-2-4-6-21/h2-15H,16H2,1H3,(H,28,32)/b27-15+. The second-order valence-electron chi connectivity index (χ2n) is 7.18. The number of hydrogen-bond acceptors (Lipinski definition) is 7. The zero-order valence-electron chi connectivity index (χ0n) is 18.6. The Morgan fingerprint density at radius 3 is 2.43 bits per heavy atom. The van der Waals surface area contributed by atoms with E-state index in [0.29, 0.717) is 16.5 Å². The van der Waals surface area contributed by atoms with Crippen LogP contribution in [0.3, 0.4) is 0 Å². The number of methoxy groups -OCH3 is 1. The fourth-order valence-corrected chi connectivity index (χ4v) is 4.13. The van der Waals surface area contributed by atoms with E-state index in [4.69, 9.17) is 0 Å². The summed E-state index contributed by atoms with van der Waals surface area (Å²) in [6, 6.07) is 24.2. The topological polar surface area (TPSA) is 98.5 Å². The zero-order valence-corrected chi connectivity index (χ0v) is 21.0. The maximum Gasteiger partial charge on any atom is 0.337 e. The molecule has 0 bridgehead atoms. The molecule has 0 saturated carbocycles. The average Bonchev–Trinajstić information content (AvgIpc) is 3.32. The van der Waals surface area contributed by atoms with Gasteiger partial charge in [0.25, 0.3) is 5.91 Å². The van der Waals surface area contributed by atoms with Crippen LogP contribution in [-0.2, 0) is 9.53 Å². The molecular formula is C25H20BrN5O3S. The Morgan fingerprint density at radius 2 is 1.74 bits per heavy atom. The first-order chi connectivity index (χ1) is 17.0. The highest BCUT2D eigenvalue weighted by molar-refractivity contribution is 9.10. The lowest BCUT2D eigenvalue weighted by Crippen LogP contribution is -2.20. The quantitative estimate of drug-likeness (QED) is 0.148. The summed E-state index contributed by atoms with van der Waals surface area (Å²) in [6.45, 7) is 0. The molecule has 1 N–H and O–H groups in total. The zero-order chi connectivity index (χ0) is 24.6. The molecule has 3 aromatic carbocycles. The highest BCUT2D eigenvalue weighted by Gasteiger charge is 2.17. The number of benzene rings is 3. The van der Waals surface area contributed by atoms with Gasteiger partial charge in [-0.3, -0.25) is 9.36 Å². The summed E-state index contributed by atoms with van der Waals surface area (Å²) in [5, 5.41) is 13.3. The van der Waals surface area contributed by atoms with Gasteiger partial charge in [-0.15, -0.1) is 10.2 Å². The van der Waals surface area contributed by atoms with Gasteiger partial charge in [0.2, 0.25) is 0 Å². The molecule has 8 nitrogen and oxygen atoms in total. The van der Waals surface area contributed by atoms with E-state index in [-0.39, 0.29) is 11.7 Å². The van der Waals surface area contributed by atoms with Gasteiger partial charge in [0.15, 0.2) is 11.0 Å². The molecule has 0 spiro atoms. The van der Waals surface area contributed by atoms with E-state index in [2.05, 4.69) is 41.4 Å². The lowest BCUT2D eigenvalue weighted by molar-refractivity contribution is -0.118. The largest absolute Gasteiger partial charge is 0.465 e. The number of carbonyl (C=O) groups excluding carboxylic acids is 2. The average molecular weight is 550 g/mol. The molecule has 0 aliphatic carbocycles. The van der Waals surface area contributed by atoms with E-state index in [0.717, 1.165) is 21.3 Å². The second-order valence-corrected chi connectivity index (χ2v) is 9.04. The number of aromatic nitrogens is 3. The van der Waals surface area contributed by atoms with Crippen LogP contribution in [0.2, 0.25) is 0 Å². The fourth-order valence-electron chi connectivity index (χ4n) is 3.12. The third-order valence-corrected chi connectivity index (χ3v) is 6.27. The van der Waals surface area contributed by atoms with Crippen molar-refractivity contribution in [3.05, 3.63) is 94.5 Å². The van der Waals surface area contributed by atoms with Gasteiger partial charge >= 0.3 is 5.97 Å². The molecular weight excluding hydrogens is 530 g/mol. The van der Waals surface area contributed by atoms with Crippen LogP contribution >= 0.6 is 27.7 Å². The number of hydrogen-bond donors (Lipinski definition) is 1. The fraction of sp³-hybridized carbons (Fsp3) is 0.0800. The van der Waals surface area contributed by atoms with Gasteiger partial charge in [0, 0.05) is 15.7 Å². The Bertz CT molecular complexity index is 1340. The van der Waals surface area contributed by atoms with Gasteiger partial charge < -0.3 is 4.74 Å². The number of amides is 1. The number of nitrogens with one attached hydrogen (secondary N) is 1. The molecule has 4 rings (SSSR count). The van der Waals surface area contributed by atoms with Crippen LogP contribution < -0.4 is 5.43 Å².